The zero-order valence-electron chi connectivity index (χ0n) is 27.2. The summed E-state index contributed by atoms with van der Waals surface area (Å²) in [6, 6.07) is 7.44. The molecule has 2 N–H and O–H groups in total. The summed E-state index contributed by atoms with van der Waals surface area (Å²) in [6.07, 6.45) is 11.3. The number of carbonyl (C=O) groups is 2. The summed E-state index contributed by atoms with van der Waals surface area (Å²) in [4.78, 5) is 28.0. The number of benzene rings is 2. The van der Waals surface area contributed by atoms with E-state index < -0.39 is 0 Å². The molecule has 2 aromatic carbocycles. The number of halogens is 2. The number of carbonyl (C=O) groups excluding carboxylic acids is 2. The first-order valence-corrected chi connectivity index (χ1v) is 18.3. The molecule has 0 amide bonds. The smallest absolute Gasteiger partial charge is 0.197 e. The highest BCUT2D eigenvalue weighted by Gasteiger charge is 2.36. The van der Waals surface area contributed by atoms with Gasteiger partial charge in [0.1, 0.15) is 0 Å². The molecule has 2 atom stereocenters. The second-order valence-electron chi connectivity index (χ2n) is 11.9. The number of fused-ring (bicyclic) bond motifs is 2. The molecule has 2 unspecified atom stereocenters. The Morgan fingerprint density at radius 2 is 1.02 bits per heavy atom. The Hall–Kier alpha value is -1.74. The lowest BCUT2D eigenvalue weighted by Crippen LogP contribution is -2.25. The molecule has 0 radical (unpaired) electrons. The van der Waals surface area contributed by atoms with Gasteiger partial charge < -0.3 is 20.1 Å². The van der Waals surface area contributed by atoms with Crippen molar-refractivity contribution in [3.8, 4) is 0 Å². The number of hydrogen-bond donors (Lipinski definition) is 2. The van der Waals surface area contributed by atoms with Crippen molar-refractivity contribution in [1.29, 1.82) is 0 Å². The Labute approximate surface area is 282 Å². The van der Waals surface area contributed by atoms with Crippen LogP contribution in [-0.2, 0) is 9.47 Å². The van der Waals surface area contributed by atoms with Gasteiger partial charge in [0.15, 0.2) is 11.6 Å². The van der Waals surface area contributed by atoms with Crippen molar-refractivity contribution >= 4 is 54.8 Å². The Morgan fingerprint density at radius 1 is 0.614 bits per heavy atom. The fraction of sp³-hybridized carbons (Fsp3) is 0.611. The van der Waals surface area contributed by atoms with Crippen LogP contribution in [0.5, 0.6) is 0 Å². The van der Waals surface area contributed by atoms with Gasteiger partial charge in [-0.05, 0) is 61.8 Å². The average Bonchev–Trinajstić information content (AvgIpc) is 3.03. The quantitative estimate of drug-likeness (QED) is 0.100. The monoisotopic (exact) mass is 734 g/mol. The SMILES string of the molecule is CCCCC(CC)COCCCNc1ccc(Br)c2c1C(=O)c1c(Br)ccc(NCCCOCC(CC)CCCC)c1C2=O. The number of hydrogen-bond acceptors (Lipinski definition) is 6. The molecule has 0 heterocycles. The highest BCUT2D eigenvalue weighted by atomic mass is 79.9. The van der Waals surface area contributed by atoms with Gasteiger partial charge in [0.05, 0.1) is 22.3 Å². The predicted octanol–water partition coefficient (Wildman–Crippen LogP) is 10.1. The fourth-order valence-electron chi connectivity index (χ4n) is 5.71. The first kappa shape index (κ1) is 36.7. The number of ketones is 2. The maximum absolute atomic E-state index is 14.0. The van der Waals surface area contributed by atoms with E-state index in [1.165, 1.54) is 38.5 Å². The van der Waals surface area contributed by atoms with Gasteiger partial charge in [-0.25, -0.2) is 0 Å². The van der Waals surface area contributed by atoms with E-state index in [2.05, 4.69) is 70.2 Å². The van der Waals surface area contributed by atoms with Crippen molar-refractivity contribution in [2.75, 3.05) is 50.2 Å². The van der Waals surface area contributed by atoms with Crippen LogP contribution in [0.3, 0.4) is 0 Å². The molecule has 0 saturated carbocycles. The van der Waals surface area contributed by atoms with E-state index in [1.54, 1.807) is 0 Å². The molecule has 1 aliphatic rings. The van der Waals surface area contributed by atoms with Crippen LogP contribution in [0.2, 0.25) is 0 Å². The topological polar surface area (TPSA) is 76.7 Å². The van der Waals surface area contributed by atoms with Gasteiger partial charge in [0, 0.05) is 59.8 Å². The van der Waals surface area contributed by atoms with Crippen LogP contribution in [0, 0.1) is 11.8 Å². The molecule has 2 aromatic rings. The maximum atomic E-state index is 14.0. The number of unbranched alkanes of at least 4 members (excludes halogenated alkanes) is 2. The second kappa shape index (κ2) is 19.7. The molecular weight excluding hydrogens is 684 g/mol. The molecule has 0 bridgehead atoms. The fourth-order valence-corrected chi connectivity index (χ4v) is 6.73. The zero-order valence-corrected chi connectivity index (χ0v) is 30.3. The lowest BCUT2D eigenvalue weighted by Gasteiger charge is -2.25. The summed E-state index contributed by atoms with van der Waals surface area (Å²) in [6.45, 7) is 13.1. The molecule has 0 saturated heterocycles. The van der Waals surface area contributed by atoms with Crippen molar-refractivity contribution in [3.05, 3.63) is 55.5 Å². The summed E-state index contributed by atoms with van der Waals surface area (Å²) in [5.41, 5.74) is 3.01. The van der Waals surface area contributed by atoms with Crippen LogP contribution < -0.4 is 10.6 Å². The van der Waals surface area contributed by atoms with E-state index in [9.17, 15) is 9.59 Å². The summed E-state index contributed by atoms with van der Waals surface area (Å²) < 4.78 is 13.2. The minimum atomic E-state index is -0.159. The normalized spacial score (nSPS) is 13.9. The summed E-state index contributed by atoms with van der Waals surface area (Å²) in [7, 11) is 0. The number of rotatable bonds is 22. The van der Waals surface area contributed by atoms with Crippen molar-refractivity contribution in [3.63, 3.8) is 0 Å². The predicted molar refractivity (Wildman–Crippen MR) is 190 cm³/mol. The van der Waals surface area contributed by atoms with E-state index in [4.69, 9.17) is 9.47 Å². The molecule has 44 heavy (non-hydrogen) atoms. The van der Waals surface area contributed by atoms with Crippen LogP contribution in [0.1, 0.15) is 124 Å². The third kappa shape index (κ3) is 10.1. The van der Waals surface area contributed by atoms with Crippen molar-refractivity contribution in [1.82, 2.24) is 0 Å². The summed E-state index contributed by atoms with van der Waals surface area (Å²) >= 11 is 7.13. The standard InChI is InChI=1S/C36H52Br2N2O4/c1-5-9-13-25(7-3)23-43-21-11-19-39-29-17-15-27(37)31-33(29)35(41)32-28(38)16-18-30(34(32)36(31)42)40-20-12-22-44-24-26(8-4)14-10-6-2/h15-18,25-26,39-40H,5-14,19-24H2,1-4H3. The molecule has 0 spiro atoms. The van der Waals surface area contributed by atoms with Gasteiger partial charge in [-0.15, -0.1) is 0 Å². The van der Waals surface area contributed by atoms with Crippen LogP contribution >= 0.6 is 31.9 Å². The highest BCUT2D eigenvalue weighted by molar-refractivity contribution is 9.10. The van der Waals surface area contributed by atoms with Crippen LogP contribution in [0.4, 0.5) is 11.4 Å². The highest BCUT2D eigenvalue weighted by Crippen LogP contribution is 2.41. The Bertz CT molecular complexity index is 1130. The van der Waals surface area contributed by atoms with E-state index >= 15 is 0 Å². The lowest BCUT2D eigenvalue weighted by atomic mass is 9.82. The molecule has 1 aliphatic carbocycles. The minimum absolute atomic E-state index is 0.159. The molecular formula is C36H52Br2N2O4. The van der Waals surface area contributed by atoms with E-state index in [1.807, 2.05) is 24.3 Å². The maximum Gasteiger partial charge on any atom is 0.197 e. The van der Waals surface area contributed by atoms with E-state index in [-0.39, 0.29) is 11.6 Å². The van der Waals surface area contributed by atoms with Crippen molar-refractivity contribution < 1.29 is 19.1 Å². The lowest BCUT2D eigenvalue weighted by molar-refractivity contribution is 0.0936. The summed E-state index contributed by atoms with van der Waals surface area (Å²) in [5.74, 6) is 0.913. The first-order valence-electron chi connectivity index (χ1n) is 16.7. The number of ether oxygens (including phenoxy) is 2. The molecule has 0 aromatic heterocycles. The third-order valence-corrected chi connectivity index (χ3v) is 9.89. The van der Waals surface area contributed by atoms with Gasteiger partial charge in [0.2, 0.25) is 0 Å². The molecule has 6 nitrogen and oxygen atoms in total. The van der Waals surface area contributed by atoms with Gasteiger partial charge in [-0.2, -0.15) is 0 Å². The second-order valence-corrected chi connectivity index (χ2v) is 13.6. The van der Waals surface area contributed by atoms with Gasteiger partial charge in [-0.1, -0.05) is 98.1 Å². The summed E-state index contributed by atoms with van der Waals surface area (Å²) in [5, 5.41) is 6.82. The average molecular weight is 737 g/mol. The van der Waals surface area contributed by atoms with Crippen LogP contribution in [0.25, 0.3) is 0 Å². The van der Waals surface area contributed by atoms with Crippen molar-refractivity contribution in [2.24, 2.45) is 11.8 Å². The Morgan fingerprint density at radius 3 is 1.39 bits per heavy atom. The molecule has 0 fully saturated rings. The Balaban J connectivity index is 1.62. The third-order valence-electron chi connectivity index (χ3n) is 8.57. The molecule has 244 valence electrons. The molecule has 8 heteroatoms. The van der Waals surface area contributed by atoms with Crippen molar-refractivity contribution in [2.45, 2.75) is 91.9 Å². The minimum Gasteiger partial charge on any atom is -0.384 e. The number of anilines is 2. The van der Waals surface area contributed by atoms with Gasteiger partial charge in [0.25, 0.3) is 0 Å². The number of nitrogens with one attached hydrogen (secondary N) is 2. The van der Waals surface area contributed by atoms with Gasteiger partial charge in [-0.3, -0.25) is 9.59 Å². The van der Waals surface area contributed by atoms with Crippen LogP contribution in [-0.4, -0.2) is 51.1 Å². The van der Waals surface area contributed by atoms with E-state index in [0.29, 0.717) is 80.7 Å². The molecule has 3 rings (SSSR count). The zero-order chi connectivity index (χ0) is 31.9. The largest absolute Gasteiger partial charge is 0.384 e. The first-order chi connectivity index (χ1) is 21.4. The van der Waals surface area contributed by atoms with E-state index in [0.717, 1.165) is 38.9 Å². The van der Waals surface area contributed by atoms with Gasteiger partial charge >= 0.3 is 0 Å². The van der Waals surface area contributed by atoms with Crippen LogP contribution in [0.15, 0.2) is 33.2 Å². The molecule has 0 aliphatic heterocycles. The Kier molecular flexibility index (Phi) is 16.4.